The van der Waals surface area contributed by atoms with Crippen LogP contribution in [-0.4, -0.2) is 24.4 Å². The molecule has 0 amide bonds. The number of aliphatic hydroxyl groups excluding tert-OH is 1. The number of anilines is 1. The van der Waals surface area contributed by atoms with Gasteiger partial charge in [0.15, 0.2) is 17.4 Å². The van der Waals surface area contributed by atoms with Crippen molar-refractivity contribution < 1.29 is 14.9 Å². The topological polar surface area (TPSA) is 79.0 Å². The standard InChI is InChI=1S/C20H20N2O3/c1-22-14(9-7-13-8-10-18(23)19(11-13)25-2)12-16(20(21)24)15-5-3-4-6-17(15)22/h3-12,23-24H,21H2,1-2H3/b9-7+,20-16-. The highest BCUT2D eigenvalue weighted by Gasteiger charge is 2.20. The number of phenolic OH excluding ortho intramolecular Hbond substituents is 1. The number of para-hydroxylation sites is 1. The van der Waals surface area contributed by atoms with Gasteiger partial charge in [-0.05, 0) is 35.9 Å². The third-order valence-electron chi connectivity index (χ3n) is 4.16. The van der Waals surface area contributed by atoms with Gasteiger partial charge in [-0.3, -0.25) is 0 Å². The van der Waals surface area contributed by atoms with Gasteiger partial charge in [0.25, 0.3) is 0 Å². The second-order valence-corrected chi connectivity index (χ2v) is 5.71. The summed E-state index contributed by atoms with van der Waals surface area (Å²) in [5, 5.41) is 19.5. The molecule has 0 atom stereocenters. The molecule has 4 N–H and O–H groups in total. The SMILES string of the molecule is COc1cc(/C=C/C2=CC(=C(\N)O)/c3ccccc3N2C)ccc1O. The number of aromatic hydroxyl groups is 1. The van der Waals surface area contributed by atoms with Gasteiger partial charge in [-0.15, -0.1) is 0 Å². The average Bonchev–Trinajstić information content (AvgIpc) is 2.62. The van der Waals surface area contributed by atoms with Gasteiger partial charge in [-0.25, -0.2) is 0 Å². The molecular formula is C20H20N2O3. The molecule has 5 nitrogen and oxygen atoms in total. The molecule has 0 saturated heterocycles. The van der Waals surface area contributed by atoms with Gasteiger partial charge in [0.1, 0.15) is 0 Å². The van der Waals surface area contributed by atoms with Crippen LogP contribution >= 0.6 is 0 Å². The van der Waals surface area contributed by atoms with Crippen LogP contribution in [0.5, 0.6) is 11.5 Å². The van der Waals surface area contributed by atoms with Crippen LogP contribution in [0.3, 0.4) is 0 Å². The van der Waals surface area contributed by atoms with Crippen LogP contribution in [0.4, 0.5) is 5.69 Å². The number of ether oxygens (including phenoxy) is 1. The molecule has 0 unspecified atom stereocenters. The van der Waals surface area contributed by atoms with Gasteiger partial charge in [-0.1, -0.05) is 30.3 Å². The van der Waals surface area contributed by atoms with E-state index in [0.29, 0.717) is 11.3 Å². The van der Waals surface area contributed by atoms with Crippen LogP contribution < -0.4 is 15.4 Å². The predicted molar refractivity (Wildman–Crippen MR) is 100 cm³/mol. The van der Waals surface area contributed by atoms with Crippen molar-refractivity contribution in [3.8, 4) is 11.5 Å². The van der Waals surface area contributed by atoms with E-state index in [1.807, 2.05) is 54.4 Å². The van der Waals surface area contributed by atoms with E-state index in [-0.39, 0.29) is 11.6 Å². The second-order valence-electron chi connectivity index (χ2n) is 5.71. The zero-order chi connectivity index (χ0) is 18.0. The van der Waals surface area contributed by atoms with Crippen LogP contribution in [0, 0.1) is 0 Å². The fraction of sp³-hybridized carbons (Fsp3) is 0.100. The maximum Gasteiger partial charge on any atom is 0.189 e. The molecule has 1 heterocycles. The van der Waals surface area contributed by atoms with Gasteiger partial charge < -0.3 is 25.6 Å². The molecule has 0 radical (unpaired) electrons. The Bertz CT molecular complexity index is 894. The fourth-order valence-corrected chi connectivity index (χ4v) is 2.81. The average molecular weight is 336 g/mol. The van der Waals surface area contributed by atoms with Crippen LogP contribution in [0.2, 0.25) is 0 Å². The minimum Gasteiger partial charge on any atom is -0.504 e. The van der Waals surface area contributed by atoms with E-state index in [1.54, 1.807) is 18.2 Å². The number of hydrogen-bond acceptors (Lipinski definition) is 5. The summed E-state index contributed by atoms with van der Waals surface area (Å²) in [6.07, 6.45) is 5.67. The molecule has 3 rings (SSSR count). The molecule has 25 heavy (non-hydrogen) atoms. The maximum atomic E-state index is 9.84. The summed E-state index contributed by atoms with van der Waals surface area (Å²) in [7, 11) is 3.47. The molecule has 0 saturated carbocycles. The monoisotopic (exact) mass is 336 g/mol. The molecule has 0 spiro atoms. The van der Waals surface area contributed by atoms with Crippen LogP contribution in [0.25, 0.3) is 11.6 Å². The van der Waals surface area contributed by atoms with Gasteiger partial charge in [0.2, 0.25) is 0 Å². The van der Waals surface area contributed by atoms with Gasteiger partial charge in [0.05, 0.1) is 7.11 Å². The normalized spacial score (nSPS) is 15.8. The summed E-state index contributed by atoms with van der Waals surface area (Å²) in [5.41, 5.74) is 9.84. The lowest BCUT2D eigenvalue weighted by Crippen LogP contribution is -2.21. The maximum absolute atomic E-state index is 9.84. The van der Waals surface area contributed by atoms with Crippen molar-refractivity contribution >= 4 is 17.3 Å². The van der Waals surface area contributed by atoms with Gasteiger partial charge in [-0.2, -0.15) is 0 Å². The van der Waals surface area contributed by atoms with Crippen molar-refractivity contribution in [3.05, 3.63) is 77.3 Å². The van der Waals surface area contributed by atoms with Crippen LogP contribution in [0.15, 0.2) is 66.2 Å². The summed E-state index contributed by atoms with van der Waals surface area (Å²) in [4.78, 5) is 2.02. The Morgan fingerprint density at radius 1 is 1.16 bits per heavy atom. The number of allylic oxidation sites excluding steroid dienone is 3. The smallest absolute Gasteiger partial charge is 0.189 e. The first-order valence-corrected chi connectivity index (χ1v) is 7.80. The number of nitrogens with two attached hydrogens (primary N) is 1. The number of aliphatic hydroxyl groups is 1. The molecule has 1 aliphatic rings. The second kappa shape index (κ2) is 6.65. The summed E-state index contributed by atoms with van der Waals surface area (Å²) in [6.45, 7) is 0. The molecule has 2 aromatic rings. The quantitative estimate of drug-likeness (QED) is 0.746. The van der Waals surface area contributed by atoms with E-state index < -0.39 is 0 Å². The molecule has 5 heteroatoms. The van der Waals surface area contributed by atoms with E-state index in [2.05, 4.69) is 0 Å². The van der Waals surface area contributed by atoms with Crippen molar-refractivity contribution in [2.45, 2.75) is 0 Å². The zero-order valence-corrected chi connectivity index (χ0v) is 14.1. The van der Waals surface area contributed by atoms with E-state index >= 15 is 0 Å². The minimum absolute atomic E-state index is 0.0980. The number of hydrogen-bond donors (Lipinski definition) is 3. The lowest BCUT2D eigenvalue weighted by atomic mass is 9.97. The molecule has 2 aromatic carbocycles. The molecule has 0 fully saturated rings. The first-order chi connectivity index (χ1) is 12.0. The number of likely N-dealkylation sites (N-methyl/N-ethyl adjacent to an activating group) is 1. The van der Waals surface area contributed by atoms with Crippen LogP contribution in [0.1, 0.15) is 11.1 Å². The highest BCUT2D eigenvalue weighted by molar-refractivity contribution is 5.89. The summed E-state index contributed by atoms with van der Waals surface area (Å²) < 4.78 is 5.13. The van der Waals surface area contributed by atoms with E-state index in [4.69, 9.17) is 10.5 Å². The highest BCUT2D eigenvalue weighted by Crippen LogP contribution is 2.36. The molecule has 1 aliphatic heterocycles. The fourth-order valence-electron chi connectivity index (χ4n) is 2.81. The predicted octanol–water partition coefficient (Wildman–Crippen LogP) is 3.63. The Balaban J connectivity index is 1.99. The van der Waals surface area contributed by atoms with Crippen molar-refractivity contribution in [2.75, 3.05) is 19.1 Å². The summed E-state index contributed by atoms with van der Waals surface area (Å²) >= 11 is 0. The van der Waals surface area contributed by atoms with Crippen LogP contribution in [-0.2, 0) is 0 Å². The number of benzene rings is 2. The Labute approximate surface area is 146 Å². The van der Waals surface area contributed by atoms with Gasteiger partial charge in [0, 0.05) is 29.6 Å². The van der Waals surface area contributed by atoms with Crippen molar-refractivity contribution in [1.29, 1.82) is 0 Å². The number of fused-ring (bicyclic) bond motifs is 1. The number of rotatable bonds is 3. The Hall–Kier alpha value is -3.34. The number of phenols is 1. The Kier molecular flexibility index (Phi) is 4.39. The van der Waals surface area contributed by atoms with Crippen molar-refractivity contribution in [1.82, 2.24) is 0 Å². The third kappa shape index (κ3) is 3.17. The largest absolute Gasteiger partial charge is 0.504 e. The molecule has 0 bridgehead atoms. The lowest BCUT2D eigenvalue weighted by Gasteiger charge is -2.28. The minimum atomic E-state index is -0.210. The number of methoxy groups -OCH3 is 1. The molecule has 0 aromatic heterocycles. The first kappa shape index (κ1) is 16.5. The summed E-state index contributed by atoms with van der Waals surface area (Å²) in [5.74, 6) is 0.303. The van der Waals surface area contributed by atoms with E-state index in [1.165, 1.54) is 7.11 Å². The van der Waals surface area contributed by atoms with E-state index in [9.17, 15) is 10.2 Å². The first-order valence-electron chi connectivity index (χ1n) is 7.80. The van der Waals surface area contributed by atoms with Gasteiger partial charge >= 0.3 is 0 Å². The third-order valence-corrected chi connectivity index (χ3v) is 4.16. The summed E-state index contributed by atoms with van der Waals surface area (Å²) in [6, 6.07) is 12.9. The highest BCUT2D eigenvalue weighted by atomic mass is 16.5. The zero-order valence-electron chi connectivity index (χ0n) is 14.1. The molecular weight excluding hydrogens is 316 g/mol. The van der Waals surface area contributed by atoms with Crippen molar-refractivity contribution in [2.24, 2.45) is 5.73 Å². The Morgan fingerprint density at radius 3 is 2.64 bits per heavy atom. The van der Waals surface area contributed by atoms with Crippen molar-refractivity contribution in [3.63, 3.8) is 0 Å². The number of nitrogens with zero attached hydrogens (tertiary/aromatic N) is 1. The Morgan fingerprint density at radius 2 is 1.92 bits per heavy atom. The lowest BCUT2D eigenvalue weighted by molar-refractivity contribution is 0.373. The molecule has 128 valence electrons. The van der Waals surface area contributed by atoms with E-state index in [0.717, 1.165) is 22.5 Å². The molecule has 0 aliphatic carbocycles.